The monoisotopic (exact) mass is 286 g/mol. The lowest BCUT2D eigenvalue weighted by Gasteiger charge is -2.12. The second-order valence-corrected chi connectivity index (χ2v) is 5.77. The molecule has 20 heavy (non-hydrogen) atoms. The van der Waals surface area contributed by atoms with E-state index in [4.69, 9.17) is 0 Å². The first-order chi connectivity index (χ1) is 9.61. The molecule has 0 aliphatic heterocycles. The van der Waals surface area contributed by atoms with Crippen LogP contribution in [0.4, 0.5) is 5.69 Å². The zero-order chi connectivity index (χ0) is 14.5. The number of hydrogen-bond donors (Lipinski definition) is 1. The number of benzene rings is 1. The Morgan fingerprint density at radius 1 is 1.25 bits per heavy atom. The SMILES string of the molecule is CCSc1nc(C)cc(C)c1C(=O)Nc1ccccc1. The van der Waals surface area contributed by atoms with Gasteiger partial charge in [0.15, 0.2) is 0 Å². The van der Waals surface area contributed by atoms with Gasteiger partial charge in [0.2, 0.25) is 0 Å². The van der Waals surface area contributed by atoms with Crippen LogP contribution in [0.2, 0.25) is 0 Å². The molecule has 0 atom stereocenters. The van der Waals surface area contributed by atoms with Crippen molar-refractivity contribution in [2.45, 2.75) is 25.8 Å². The first kappa shape index (κ1) is 14.6. The van der Waals surface area contributed by atoms with Gasteiger partial charge in [0, 0.05) is 11.4 Å². The zero-order valence-electron chi connectivity index (χ0n) is 11.9. The number of amides is 1. The number of rotatable bonds is 4. The highest BCUT2D eigenvalue weighted by atomic mass is 32.2. The summed E-state index contributed by atoms with van der Waals surface area (Å²) in [4.78, 5) is 17.0. The Bertz CT molecular complexity index is 611. The van der Waals surface area contributed by atoms with E-state index in [1.165, 1.54) is 0 Å². The van der Waals surface area contributed by atoms with E-state index in [9.17, 15) is 4.79 Å². The van der Waals surface area contributed by atoms with E-state index in [1.54, 1.807) is 11.8 Å². The van der Waals surface area contributed by atoms with Crippen molar-refractivity contribution in [1.29, 1.82) is 0 Å². The van der Waals surface area contributed by atoms with Crippen LogP contribution in [-0.2, 0) is 0 Å². The average Bonchev–Trinajstić information content (AvgIpc) is 2.39. The summed E-state index contributed by atoms with van der Waals surface area (Å²) < 4.78 is 0. The van der Waals surface area contributed by atoms with Crippen molar-refractivity contribution in [3.8, 4) is 0 Å². The molecule has 0 bridgehead atoms. The van der Waals surface area contributed by atoms with Crippen LogP contribution >= 0.6 is 11.8 Å². The Morgan fingerprint density at radius 3 is 2.60 bits per heavy atom. The van der Waals surface area contributed by atoms with Crippen molar-refractivity contribution >= 4 is 23.4 Å². The molecule has 1 aromatic carbocycles. The largest absolute Gasteiger partial charge is 0.322 e. The van der Waals surface area contributed by atoms with Gasteiger partial charge in [0.25, 0.3) is 5.91 Å². The summed E-state index contributed by atoms with van der Waals surface area (Å²) in [6, 6.07) is 11.4. The molecule has 1 amide bonds. The highest BCUT2D eigenvalue weighted by Crippen LogP contribution is 2.25. The Morgan fingerprint density at radius 2 is 1.95 bits per heavy atom. The van der Waals surface area contributed by atoms with Crippen LogP contribution in [0, 0.1) is 13.8 Å². The first-order valence-corrected chi connectivity index (χ1v) is 7.57. The molecule has 3 nitrogen and oxygen atoms in total. The number of pyridine rings is 1. The number of thioether (sulfide) groups is 1. The van der Waals surface area contributed by atoms with Crippen LogP contribution in [0.3, 0.4) is 0 Å². The molecule has 0 aliphatic carbocycles. The normalized spacial score (nSPS) is 10.3. The predicted octanol–water partition coefficient (Wildman–Crippen LogP) is 4.06. The Hall–Kier alpha value is -1.81. The highest BCUT2D eigenvalue weighted by molar-refractivity contribution is 7.99. The Balaban J connectivity index is 2.33. The predicted molar refractivity (Wildman–Crippen MR) is 84.5 cm³/mol. The van der Waals surface area contributed by atoms with Crippen molar-refractivity contribution in [2.24, 2.45) is 0 Å². The third-order valence-electron chi connectivity index (χ3n) is 2.85. The van der Waals surface area contributed by atoms with Gasteiger partial charge in [0.05, 0.1) is 5.56 Å². The van der Waals surface area contributed by atoms with Crippen LogP contribution in [0.1, 0.15) is 28.5 Å². The Labute approximate surface area is 123 Å². The number of anilines is 1. The maximum absolute atomic E-state index is 12.5. The summed E-state index contributed by atoms with van der Waals surface area (Å²) in [5.41, 5.74) is 3.37. The summed E-state index contributed by atoms with van der Waals surface area (Å²) >= 11 is 1.60. The van der Waals surface area contributed by atoms with E-state index in [2.05, 4.69) is 17.2 Å². The molecule has 0 radical (unpaired) electrons. The van der Waals surface area contributed by atoms with Gasteiger partial charge in [-0.2, -0.15) is 0 Å². The lowest BCUT2D eigenvalue weighted by atomic mass is 10.1. The summed E-state index contributed by atoms with van der Waals surface area (Å²) in [6.45, 7) is 5.96. The molecule has 4 heteroatoms. The second kappa shape index (κ2) is 6.57. The maximum Gasteiger partial charge on any atom is 0.258 e. The summed E-state index contributed by atoms with van der Waals surface area (Å²) in [5, 5.41) is 3.73. The molecule has 0 saturated heterocycles. The van der Waals surface area contributed by atoms with Crippen LogP contribution in [0.15, 0.2) is 41.4 Å². The lowest BCUT2D eigenvalue weighted by Crippen LogP contribution is -2.15. The van der Waals surface area contributed by atoms with Crippen molar-refractivity contribution < 1.29 is 4.79 Å². The van der Waals surface area contributed by atoms with Crippen LogP contribution in [0.25, 0.3) is 0 Å². The van der Waals surface area contributed by atoms with Crippen LogP contribution in [0.5, 0.6) is 0 Å². The molecule has 1 heterocycles. The van der Waals surface area contributed by atoms with E-state index in [1.807, 2.05) is 50.2 Å². The molecule has 0 spiro atoms. The van der Waals surface area contributed by atoms with E-state index in [0.717, 1.165) is 27.7 Å². The van der Waals surface area contributed by atoms with E-state index >= 15 is 0 Å². The van der Waals surface area contributed by atoms with Crippen LogP contribution in [-0.4, -0.2) is 16.6 Å². The summed E-state index contributed by atoms with van der Waals surface area (Å²) in [5.74, 6) is 0.791. The number of aromatic nitrogens is 1. The van der Waals surface area contributed by atoms with Crippen molar-refractivity contribution in [3.05, 3.63) is 53.2 Å². The van der Waals surface area contributed by atoms with Gasteiger partial charge >= 0.3 is 0 Å². The third-order valence-corrected chi connectivity index (χ3v) is 3.71. The van der Waals surface area contributed by atoms with Crippen molar-refractivity contribution in [2.75, 3.05) is 11.1 Å². The molecule has 0 unspecified atom stereocenters. The molecule has 0 aliphatic rings. The molecule has 1 N–H and O–H groups in total. The second-order valence-electron chi connectivity index (χ2n) is 4.51. The lowest BCUT2D eigenvalue weighted by molar-refractivity contribution is 0.102. The van der Waals surface area contributed by atoms with Gasteiger partial charge in [-0.3, -0.25) is 4.79 Å². The van der Waals surface area contributed by atoms with Gasteiger partial charge in [-0.05, 0) is 43.4 Å². The highest BCUT2D eigenvalue weighted by Gasteiger charge is 2.16. The topological polar surface area (TPSA) is 42.0 Å². The molecule has 2 aromatic rings. The molecule has 1 aromatic heterocycles. The first-order valence-electron chi connectivity index (χ1n) is 6.59. The molecule has 0 saturated carbocycles. The molecule has 104 valence electrons. The van der Waals surface area contributed by atoms with Gasteiger partial charge in [-0.25, -0.2) is 4.98 Å². The molecule has 2 rings (SSSR count). The fraction of sp³-hybridized carbons (Fsp3) is 0.250. The summed E-state index contributed by atoms with van der Waals surface area (Å²) in [7, 11) is 0. The molecular formula is C16H18N2OS. The minimum Gasteiger partial charge on any atom is -0.322 e. The third kappa shape index (κ3) is 3.39. The van der Waals surface area contributed by atoms with E-state index in [-0.39, 0.29) is 5.91 Å². The number of nitrogens with one attached hydrogen (secondary N) is 1. The summed E-state index contributed by atoms with van der Waals surface area (Å²) in [6.07, 6.45) is 0. The number of nitrogens with zero attached hydrogens (tertiary/aromatic N) is 1. The number of para-hydroxylation sites is 1. The van der Waals surface area contributed by atoms with Crippen molar-refractivity contribution in [1.82, 2.24) is 4.98 Å². The van der Waals surface area contributed by atoms with E-state index in [0.29, 0.717) is 5.56 Å². The van der Waals surface area contributed by atoms with E-state index < -0.39 is 0 Å². The number of hydrogen-bond acceptors (Lipinski definition) is 3. The standard InChI is InChI=1S/C16H18N2OS/c1-4-20-16-14(11(2)10-12(3)17-16)15(19)18-13-8-6-5-7-9-13/h5-10H,4H2,1-3H3,(H,18,19). The van der Waals surface area contributed by atoms with Gasteiger partial charge in [-0.1, -0.05) is 25.1 Å². The van der Waals surface area contributed by atoms with Crippen molar-refractivity contribution in [3.63, 3.8) is 0 Å². The molecular weight excluding hydrogens is 268 g/mol. The smallest absolute Gasteiger partial charge is 0.258 e. The van der Waals surface area contributed by atoms with Gasteiger partial charge in [-0.15, -0.1) is 11.8 Å². The van der Waals surface area contributed by atoms with Gasteiger partial charge in [0.1, 0.15) is 5.03 Å². The quantitative estimate of drug-likeness (QED) is 0.862. The minimum absolute atomic E-state index is 0.0999. The Kier molecular flexibility index (Phi) is 4.79. The zero-order valence-corrected chi connectivity index (χ0v) is 12.8. The fourth-order valence-corrected chi connectivity index (χ4v) is 2.91. The number of carbonyl (C=O) groups excluding carboxylic acids is 1. The number of carbonyl (C=O) groups is 1. The average molecular weight is 286 g/mol. The fourth-order valence-electron chi connectivity index (χ4n) is 2.03. The number of aryl methyl sites for hydroxylation is 2. The van der Waals surface area contributed by atoms with Crippen LogP contribution < -0.4 is 5.32 Å². The van der Waals surface area contributed by atoms with Gasteiger partial charge < -0.3 is 5.32 Å². The maximum atomic E-state index is 12.5. The minimum atomic E-state index is -0.0999. The molecule has 0 fully saturated rings.